The summed E-state index contributed by atoms with van der Waals surface area (Å²) in [5.41, 5.74) is 2.82. The maximum Gasteiger partial charge on any atom is 0.408 e. The van der Waals surface area contributed by atoms with E-state index in [2.05, 4.69) is 10.2 Å². The number of rotatable bonds is 1. The quantitative estimate of drug-likeness (QED) is 0.545. The van der Waals surface area contributed by atoms with Gasteiger partial charge in [-0.05, 0) is 31.2 Å². The molecule has 0 spiro atoms. The van der Waals surface area contributed by atoms with Crippen LogP contribution in [0.2, 0.25) is 0 Å². The Hall–Kier alpha value is -3.02. The second kappa shape index (κ2) is 4.49. The molecule has 0 saturated heterocycles. The molecule has 0 aliphatic heterocycles. The fraction of sp³-hybridized carbons (Fsp3) is 0.0625. The van der Waals surface area contributed by atoms with Crippen molar-refractivity contribution in [3.63, 3.8) is 0 Å². The molecular formula is C16H12FN4O+. The number of para-hydroxylation sites is 2. The Labute approximate surface area is 124 Å². The zero-order valence-corrected chi connectivity index (χ0v) is 11.7. The van der Waals surface area contributed by atoms with Crippen LogP contribution in [0.15, 0.2) is 53.3 Å². The number of fused-ring (bicyclic) bond motifs is 3. The minimum atomic E-state index is -0.396. The lowest BCUT2D eigenvalue weighted by Crippen LogP contribution is -2.27. The molecule has 2 aromatic heterocycles. The van der Waals surface area contributed by atoms with Gasteiger partial charge in [0.15, 0.2) is 11.2 Å². The number of hydrogen-bond acceptors (Lipinski definition) is 2. The molecule has 2 aromatic carbocycles. The van der Waals surface area contributed by atoms with Crippen LogP contribution in [0.25, 0.3) is 22.2 Å². The first-order valence-corrected chi connectivity index (χ1v) is 6.83. The molecule has 0 fully saturated rings. The topological polar surface area (TPSA) is 54.8 Å². The minimum absolute atomic E-state index is 0.263. The minimum Gasteiger partial charge on any atom is -0.244 e. The maximum atomic E-state index is 13.4. The number of hydrogen-bond donors (Lipinski definition) is 1. The normalized spacial score (nSPS) is 11.4. The smallest absolute Gasteiger partial charge is 0.244 e. The first-order chi connectivity index (χ1) is 10.6. The zero-order valence-electron chi connectivity index (χ0n) is 11.7. The van der Waals surface area contributed by atoms with Crippen LogP contribution in [0.1, 0.15) is 5.69 Å². The van der Waals surface area contributed by atoms with E-state index < -0.39 is 5.82 Å². The van der Waals surface area contributed by atoms with Crippen molar-refractivity contribution in [1.82, 2.24) is 14.9 Å². The highest BCUT2D eigenvalue weighted by Crippen LogP contribution is 2.11. The molecule has 1 N–H and O–H groups in total. The van der Waals surface area contributed by atoms with E-state index in [1.807, 2.05) is 24.3 Å². The second-order valence-corrected chi connectivity index (χ2v) is 5.09. The van der Waals surface area contributed by atoms with Gasteiger partial charge in [0.05, 0.1) is 5.69 Å². The first-order valence-electron chi connectivity index (χ1n) is 6.83. The van der Waals surface area contributed by atoms with Crippen molar-refractivity contribution in [2.75, 3.05) is 0 Å². The molecule has 4 rings (SSSR count). The van der Waals surface area contributed by atoms with Crippen LogP contribution in [-0.2, 0) is 0 Å². The zero-order chi connectivity index (χ0) is 15.3. The van der Waals surface area contributed by atoms with Gasteiger partial charge in [-0.25, -0.2) is 14.2 Å². The summed E-state index contributed by atoms with van der Waals surface area (Å²) in [6, 6.07) is 13.4. The van der Waals surface area contributed by atoms with Crippen molar-refractivity contribution in [2.45, 2.75) is 6.92 Å². The standard InChI is InChI=1S/C16H11FN4O/c1-10-15-16(22)20(12-6-4-5-11(17)9-12)19-21(15)14-8-3-2-7-13(14)18-10/h2-9H,1H3/p+1. The number of benzene rings is 2. The molecule has 0 radical (unpaired) electrons. The monoisotopic (exact) mass is 295 g/mol. The third-order valence-electron chi connectivity index (χ3n) is 3.65. The highest BCUT2D eigenvalue weighted by Gasteiger charge is 2.22. The summed E-state index contributed by atoms with van der Waals surface area (Å²) >= 11 is 0. The number of nitrogens with one attached hydrogen (secondary N) is 1. The maximum absolute atomic E-state index is 13.4. The van der Waals surface area contributed by atoms with Gasteiger partial charge in [-0.2, -0.15) is 0 Å². The van der Waals surface area contributed by atoms with Crippen LogP contribution >= 0.6 is 0 Å². The molecule has 5 nitrogen and oxygen atoms in total. The van der Waals surface area contributed by atoms with E-state index in [9.17, 15) is 9.18 Å². The number of nitrogens with zero attached hydrogens (tertiary/aromatic N) is 3. The molecule has 0 aliphatic carbocycles. The van der Waals surface area contributed by atoms with Gasteiger partial charge in [0.2, 0.25) is 0 Å². The first kappa shape index (κ1) is 12.7. The van der Waals surface area contributed by atoms with E-state index in [-0.39, 0.29) is 5.56 Å². The van der Waals surface area contributed by atoms with E-state index >= 15 is 0 Å². The van der Waals surface area contributed by atoms with E-state index in [1.54, 1.807) is 23.6 Å². The van der Waals surface area contributed by atoms with Crippen molar-refractivity contribution < 1.29 is 8.91 Å². The van der Waals surface area contributed by atoms with Gasteiger partial charge in [-0.1, -0.05) is 28.1 Å². The predicted octanol–water partition coefficient (Wildman–Crippen LogP) is 1.90. The van der Waals surface area contributed by atoms with Crippen molar-refractivity contribution in [2.24, 2.45) is 0 Å². The van der Waals surface area contributed by atoms with Crippen LogP contribution in [-0.4, -0.2) is 14.9 Å². The second-order valence-electron chi connectivity index (χ2n) is 5.09. The third kappa shape index (κ3) is 1.74. The Morgan fingerprint density at radius 3 is 2.82 bits per heavy atom. The summed E-state index contributed by atoms with van der Waals surface area (Å²) in [6.07, 6.45) is 0. The average molecular weight is 295 g/mol. The summed E-state index contributed by atoms with van der Waals surface area (Å²) < 4.78 is 16.4. The summed E-state index contributed by atoms with van der Waals surface area (Å²) in [6.45, 7) is 1.78. The molecule has 108 valence electrons. The highest BCUT2D eigenvalue weighted by atomic mass is 19.1. The van der Waals surface area contributed by atoms with E-state index in [4.69, 9.17) is 0 Å². The molecule has 2 heterocycles. The van der Waals surface area contributed by atoms with Crippen molar-refractivity contribution in [3.8, 4) is 5.69 Å². The number of H-pyrrole nitrogens is 1. The van der Waals surface area contributed by atoms with Crippen molar-refractivity contribution >= 4 is 16.6 Å². The largest absolute Gasteiger partial charge is 0.408 e. The fourth-order valence-electron chi connectivity index (χ4n) is 2.66. The Balaban J connectivity index is 2.15. The summed E-state index contributed by atoms with van der Waals surface area (Å²) in [7, 11) is 0. The number of halogens is 1. The Bertz CT molecular complexity index is 1080. The lowest BCUT2D eigenvalue weighted by atomic mass is 10.2. The SMILES string of the molecule is Cc1nc2ccccc2[n+]2[nH]n(-c3cccc(F)c3)c(=O)c12. The molecule has 0 aliphatic rings. The van der Waals surface area contributed by atoms with E-state index in [0.717, 1.165) is 11.0 Å². The number of aromatic nitrogens is 4. The Morgan fingerprint density at radius 2 is 2.00 bits per heavy atom. The Kier molecular flexibility index (Phi) is 2.59. The molecule has 22 heavy (non-hydrogen) atoms. The van der Waals surface area contributed by atoms with Crippen LogP contribution < -0.4 is 10.1 Å². The molecule has 0 bridgehead atoms. The van der Waals surface area contributed by atoms with Gasteiger partial charge >= 0.3 is 5.56 Å². The van der Waals surface area contributed by atoms with Gasteiger partial charge in [0.25, 0.3) is 5.52 Å². The Morgan fingerprint density at radius 1 is 1.18 bits per heavy atom. The fourth-order valence-corrected chi connectivity index (χ4v) is 2.66. The molecule has 6 heteroatoms. The van der Waals surface area contributed by atoms with Crippen LogP contribution in [0.3, 0.4) is 0 Å². The van der Waals surface area contributed by atoms with Gasteiger partial charge in [0, 0.05) is 6.07 Å². The van der Waals surface area contributed by atoms with E-state index in [1.165, 1.54) is 16.8 Å². The molecule has 0 amide bonds. The van der Waals surface area contributed by atoms with Gasteiger partial charge in [0.1, 0.15) is 11.3 Å². The molecule has 0 atom stereocenters. The van der Waals surface area contributed by atoms with E-state index in [0.29, 0.717) is 16.9 Å². The third-order valence-corrected chi connectivity index (χ3v) is 3.65. The van der Waals surface area contributed by atoms with Gasteiger partial charge in [-0.3, -0.25) is 0 Å². The van der Waals surface area contributed by atoms with Gasteiger partial charge < -0.3 is 0 Å². The lowest BCUT2D eigenvalue weighted by Gasteiger charge is -1.96. The molecule has 0 saturated carbocycles. The van der Waals surface area contributed by atoms with Crippen molar-refractivity contribution in [3.05, 3.63) is 70.4 Å². The predicted molar refractivity (Wildman–Crippen MR) is 79.5 cm³/mol. The van der Waals surface area contributed by atoms with Crippen LogP contribution in [0.5, 0.6) is 0 Å². The highest BCUT2D eigenvalue weighted by molar-refractivity contribution is 5.72. The summed E-state index contributed by atoms with van der Waals surface area (Å²) in [5, 5.41) is 3.01. The molecule has 4 aromatic rings. The number of aryl methyl sites for hydroxylation is 1. The van der Waals surface area contributed by atoms with Gasteiger partial charge in [-0.15, -0.1) is 4.52 Å². The van der Waals surface area contributed by atoms with Crippen LogP contribution in [0, 0.1) is 12.7 Å². The average Bonchev–Trinajstić information content (AvgIpc) is 2.86. The summed E-state index contributed by atoms with van der Waals surface area (Å²) in [4.78, 5) is 17.1. The molecule has 0 unspecified atom stereocenters. The number of aromatic amines is 1. The lowest BCUT2D eigenvalue weighted by molar-refractivity contribution is -0.556. The molecular weight excluding hydrogens is 283 g/mol. The van der Waals surface area contributed by atoms with Crippen LogP contribution in [0.4, 0.5) is 4.39 Å². The van der Waals surface area contributed by atoms with Crippen molar-refractivity contribution in [1.29, 1.82) is 0 Å². The summed E-state index contributed by atoms with van der Waals surface area (Å²) in [5.74, 6) is -0.396.